The number of nitrogens with one attached hydrogen (secondary N) is 2. The lowest BCUT2D eigenvalue weighted by Crippen LogP contribution is -2.28. The fourth-order valence-electron chi connectivity index (χ4n) is 1.91. The Bertz CT molecular complexity index is 293. The first-order valence-electron chi connectivity index (χ1n) is 4.87. The highest BCUT2D eigenvalue weighted by Gasteiger charge is 2.28. The SMILES string of the molecule is CC1CCCC1N=C1NC(=O)C(=O)N1. The number of guanidine groups is 1. The van der Waals surface area contributed by atoms with Crippen molar-refractivity contribution in [1.82, 2.24) is 10.6 Å². The number of rotatable bonds is 1. The number of carbonyl (C=O) groups excluding carboxylic acids is 2. The smallest absolute Gasteiger partial charge is 0.288 e. The van der Waals surface area contributed by atoms with Gasteiger partial charge < -0.3 is 0 Å². The van der Waals surface area contributed by atoms with Crippen LogP contribution in [0, 0.1) is 5.92 Å². The van der Waals surface area contributed by atoms with Gasteiger partial charge in [0.1, 0.15) is 0 Å². The lowest BCUT2D eigenvalue weighted by Gasteiger charge is -2.10. The second kappa shape index (κ2) is 3.40. The Labute approximate surface area is 82.0 Å². The first-order valence-corrected chi connectivity index (χ1v) is 4.87. The second-order valence-corrected chi connectivity index (χ2v) is 3.86. The molecule has 2 fully saturated rings. The van der Waals surface area contributed by atoms with Crippen molar-refractivity contribution in [3.63, 3.8) is 0 Å². The van der Waals surface area contributed by atoms with Gasteiger partial charge in [0.2, 0.25) is 5.96 Å². The molecule has 5 heteroatoms. The lowest BCUT2D eigenvalue weighted by atomic mass is 10.1. The van der Waals surface area contributed by atoms with Gasteiger partial charge in [0.05, 0.1) is 6.04 Å². The number of aliphatic imine (C=N–C) groups is 1. The summed E-state index contributed by atoms with van der Waals surface area (Å²) in [4.78, 5) is 26.0. The van der Waals surface area contributed by atoms with Gasteiger partial charge in [0, 0.05) is 0 Å². The average Bonchev–Trinajstić information content (AvgIpc) is 2.63. The molecule has 2 N–H and O–H groups in total. The number of carbonyl (C=O) groups is 2. The predicted molar refractivity (Wildman–Crippen MR) is 50.5 cm³/mol. The van der Waals surface area contributed by atoms with Crippen molar-refractivity contribution in [3.8, 4) is 0 Å². The first-order chi connectivity index (χ1) is 6.66. The predicted octanol–water partition coefficient (Wildman–Crippen LogP) is -0.223. The summed E-state index contributed by atoms with van der Waals surface area (Å²) in [6.07, 6.45) is 3.38. The molecule has 2 unspecified atom stereocenters. The van der Waals surface area contributed by atoms with E-state index in [0.29, 0.717) is 11.9 Å². The zero-order valence-electron chi connectivity index (χ0n) is 8.04. The molecule has 1 saturated heterocycles. The van der Waals surface area contributed by atoms with Crippen LogP contribution in [0.25, 0.3) is 0 Å². The van der Waals surface area contributed by atoms with Gasteiger partial charge in [-0.3, -0.25) is 20.2 Å². The Hall–Kier alpha value is -1.39. The molecular formula is C9H13N3O2. The molecule has 1 aliphatic heterocycles. The summed E-state index contributed by atoms with van der Waals surface area (Å²) in [6.45, 7) is 2.14. The van der Waals surface area contributed by atoms with Gasteiger partial charge in [0.15, 0.2) is 0 Å². The van der Waals surface area contributed by atoms with Gasteiger partial charge in [-0.25, -0.2) is 4.99 Å². The highest BCUT2D eigenvalue weighted by atomic mass is 16.2. The summed E-state index contributed by atoms with van der Waals surface area (Å²) in [5.41, 5.74) is 0. The summed E-state index contributed by atoms with van der Waals surface area (Å²) in [7, 11) is 0. The van der Waals surface area contributed by atoms with E-state index in [1.54, 1.807) is 0 Å². The maximum atomic E-state index is 10.8. The molecule has 1 heterocycles. The van der Waals surface area contributed by atoms with Crippen LogP contribution >= 0.6 is 0 Å². The number of amides is 2. The van der Waals surface area contributed by atoms with Crippen LogP contribution in [-0.2, 0) is 9.59 Å². The Kier molecular flexibility index (Phi) is 2.23. The zero-order valence-corrected chi connectivity index (χ0v) is 8.04. The molecule has 0 radical (unpaired) electrons. The summed E-state index contributed by atoms with van der Waals surface area (Å²) >= 11 is 0. The minimum absolute atomic E-state index is 0.240. The molecule has 0 aromatic carbocycles. The van der Waals surface area contributed by atoms with Gasteiger partial charge >= 0.3 is 11.8 Å². The van der Waals surface area contributed by atoms with E-state index in [0.717, 1.165) is 6.42 Å². The number of hydrogen-bond acceptors (Lipinski definition) is 3. The van der Waals surface area contributed by atoms with Crippen LogP contribution < -0.4 is 10.6 Å². The van der Waals surface area contributed by atoms with E-state index in [1.807, 2.05) is 0 Å². The minimum Gasteiger partial charge on any atom is -0.288 e. The molecule has 2 atom stereocenters. The van der Waals surface area contributed by atoms with E-state index in [4.69, 9.17) is 0 Å². The Balaban J connectivity index is 2.05. The van der Waals surface area contributed by atoms with Crippen molar-refractivity contribution in [2.45, 2.75) is 32.2 Å². The van der Waals surface area contributed by atoms with Gasteiger partial charge in [-0.1, -0.05) is 13.3 Å². The van der Waals surface area contributed by atoms with Crippen molar-refractivity contribution in [3.05, 3.63) is 0 Å². The van der Waals surface area contributed by atoms with Crippen LogP contribution in [-0.4, -0.2) is 23.8 Å². The molecule has 2 aliphatic rings. The van der Waals surface area contributed by atoms with Crippen LogP contribution in [0.2, 0.25) is 0 Å². The second-order valence-electron chi connectivity index (χ2n) is 3.86. The van der Waals surface area contributed by atoms with Crippen molar-refractivity contribution in [2.75, 3.05) is 0 Å². The van der Waals surface area contributed by atoms with Crippen molar-refractivity contribution in [1.29, 1.82) is 0 Å². The fourth-order valence-corrected chi connectivity index (χ4v) is 1.91. The normalized spacial score (nSPS) is 31.6. The van der Waals surface area contributed by atoms with Crippen molar-refractivity contribution >= 4 is 17.8 Å². The lowest BCUT2D eigenvalue weighted by molar-refractivity contribution is -0.135. The molecule has 1 aliphatic carbocycles. The third-order valence-electron chi connectivity index (χ3n) is 2.78. The number of hydrogen-bond donors (Lipinski definition) is 2. The molecule has 1 saturated carbocycles. The maximum absolute atomic E-state index is 10.8. The van der Waals surface area contributed by atoms with E-state index in [9.17, 15) is 9.59 Å². The van der Waals surface area contributed by atoms with E-state index in [-0.39, 0.29) is 6.04 Å². The molecule has 0 spiro atoms. The molecular weight excluding hydrogens is 182 g/mol. The molecule has 0 aromatic heterocycles. The van der Waals surface area contributed by atoms with Crippen LogP contribution in [0.3, 0.4) is 0 Å². The molecule has 5 nitrogen and oxygen atoms in total. The van der Waals surface area contributed by atoms with E-state index >= 15 is 0 Å². The molecule has 76 valence electrons. The molecule has 0 bridgehead atoms. The van der Waals surface area contributed by atoms with Crippen LogP contribution in [0.15, 0.2) is 4.99 Å². The average molecular weight is 195 g/mol. The van der Waals surface area contributed by atoms with E-state index < -0.39 is 11.8 Å². The van der Waals surface area contributed by atoms with Crippen LogP contribution in [0.1, 0.15) is 26.2 Å². The summed E-state index contributed by atoms with van der Waals surface area (Å²) in [6, 6.07) is 0.240. The molecule has 2 rings (SSSR count). The Morgan fingerprint density at radius 1 is 1.21 bits per heavy atom. The van der Waals surface area contributed by atoms with Gasteiger partial charge in [-0.05, 0) is 18.8 Å². The quantitative estimate of drug-likeness (QED) is 0.568. The topological polar surface area (TPSA) is 70.6 Å². The van der Waals surface area contributed by atoms with Gasteiger partial charge in [0.25, 0.3) is 0 Å². The zero-order chi connectivity index (χ0) is 10.1. The highest BCUT2D eigenvalue weighted by Crippen LogP contribution is 2.27. The third-order valence-corrected chi connectivity index (χ3v) is 2.78. The largest absolute Gasteiger partial charge is 0.316 e. The fraction of sp³-hybridized carbons (Fsp3) is 0.667. The van der Waals surface area contributed by atoms with Gasteiger partial charge in [-0.2, -0.15) is 0 Å². The molecule has 14 heavy (non-hydrogen) atoms. The first kappa shape index (κ1) is 9.18. The van der Waals surface area contributed by atoms with Crippen LogP contribution in [0.4, 0.5) is 0 Å². The molecule has 0 aromatic rings. The van der Waals surface area contributed by atoms with Crippen molar-refractivity contribution < 1.29 is 9.59 Å². The monoisotopic (exact) mass is 195 g/mol. The van der Waals surface area contributed by atoms with E-state index in [1.165, 1.54) is 12.8 Å². The van der Waals surface area contributed by atoms with Gasteiger partial charge in [-0.15, -0.1) is 0 Å². The number of nitrogens with zero attached hydrogens (tertiary/aromatic N) is 1. The maximum Gasteiger partial charge on any atom is 0.316 e. The highest BCUT2D eigenvalue weighted by molar-refractivity contribution is 6.45. The van der Waals surface area contributed by atoms with E-state index in [2.05, 4.69) is 22.5 Å². The Morgan fingerprint density at radius 2 is 1.86 bits per heavy atom. The standard InChI is InChI=1S/C9H13N3O2/c1-5-3-2-4-6(5)10-9-11-7(13)8(14)12-9/h5-6H,2-4H2,1H3,(H2,10,11,12,13,14). The molecule has 2 amide bonds. The summed E-state index contributed by atoms with van der Waals surface area (Å²) < 4.78 is 0. The summed E-state index contributed by atoms with van der Waals surface area (Å²) in [5, 5.41) is 4.80. The van der Waals surface area contributed by atoms with Crippen molar-refractivity contribution in [2.24, 2.45) is 10.9 Å². The minimum atomic E-state index is -0.616. The Morgan fingerprint density at radius 3 is 2.36 bits per heavy atom. The van der Waals surface area contributed by atoms with Crippen LogP contribution in [0.5, 0.6) is 0 Å². The summed E-state index contributed by atoms with van der Waals surface area (Å²) in [5.74, 6) is -0.376. The third kappa shape index (κ3) is 1.62.